The predicted octanol–water partition coefficient (Wildman–Crippen LogP) is 0.476. The van der Waals surface area contributed by atoms with Gasteiger partial charge in [-0.2, -0.15) is 0 Å². The third kappa shape index (κ3) is 8.92. The van der Waals surface area contributed by atoms with Gasteiger partial charge in [0.15, 0.2) is 0 Å². The molecule has 0 saturated carbocycles. The zero-order valence-electron chi connectivity index (χ0n) is 4.39. The van der Waals surface area contributed by atoms with Crippen LogP contribution in [0.5, 0.6) is 0 Å². The second-order valence-corrected chi connectivity index (χ2v) is 1.05. The van der Waals surface area contributed by atoms with Crippen molar-refractivity contribution >= 4 is 57.1 Å². The number of rotatable bonds is 0. The quantitative estimate of drug-likeness (QED) is 0.210. The minimum absolute atomic E-state index is 0. The Morgan fingerprint density at radius 3 is 1.67 bits per heavy atom. The molecule has 2 nitrogen and oxygen atoms in total. The van der Waals surface area contributed by atoms with Gasteiger partial charge in [0.2, 0.25) is 0 Å². The summed E-state index contributed by atoms with van der Waals surface area (Å²) < 4.78 is 0. The van der Waals surface area contributed by atoms with Crippen molar-refractivity contribution < 1.29 is 5.21 Å². The molecule has 0 amide bonds. The van der Waals surface area contributed by atoms with Gasteiger partial charge >= 0.3 is 0 Å². The first-order valence-electron chi connectivity index (χ1n) is 1.42. The van der Waals surface area contributed by atoms with Crippen molar-refractivity contribution in [3.8, 4) is 0 Å². The maximum atomic E-state index is 7.73. The molecule has 1 radical (unpaired) electrons. The smallest absolute Gasteiger partial charge is 0.0509 e. The second-order valence-electron chi connectivity index (χ2n) is 1.05. The summed E-state index contributed by atoms with van der Waals surface area (Å²) in [5, 5.41) is 10.5. The molecule has 0 aromatic heterocycles. The summed E-state index contributed by atoms with van der Waals surface area (Å²) in [6, 6.07) is 0. The standard InChI is InChI=1S/C3H7NO.K/c1-3(2)4-5;/h5H,1-2H3;. The van der Waals surface area contributed by atoms with Crippen molar-refractivity contribution in [1.29, 1.82) is 0 Å². The molecule has 0 aromatic carbocycles. The van der Waals surface area contributed by atoms with E-state index >= 15 is 0 Å². The summed E-state index contributed by atoms with van der Waals surface area (Å²) in [5.74, 6) is 0. The van der Waals surface area contributed by atoms with Crippen molar-refractivity contribution in [2.45, 2.75) is 13.8 Å². The molecule has 0 aliphatic rings. The summed E-state index contributed by atoms with van der Waals surface area (Å²) in [4.78, 5) is 0. The van der Waals surface area contributed by atoms with E-state index in [9.17, 15) is 0 Å². The average molecular weight is 112 g/mol. The fourth-order valence-corrected chi connectivity index (χ4v) is 0. The maximum Gasteiger partial charge on any atom is 0.0509 e. The van der Waals surface area contributed by atoms with Crippen molar-refractivity contribution in [3.05, 3.63) is 0 Å². The summed E-state index contributed by atoms with van der Waals surface area (Å²) in [6.45, 7) is 3.44. The van der Waals surface area contributed by atoms with Crippen LogP contribution in [0.4, 0.5) is 0 Å². The molecule has 6 heavy (non-hydrogen) atoms. The molecular weight excluding hydrogens is 105 g/mol. The zero-order chi connectivity index (χ0) is 4.28. The molecule has 0 aliphatic heterocycles. The van der Waals surface area contributed by atoms with E-state index in [2.05, 4.69) is 5.16 Å². The largest absolute Gasteiger partial charge is 0.411 e. The van der Waals surface area contributed by atoms with Gasteiger partial charge in [0.25, 0.3) is 0 Å². The second kappa shape index (κ2) is 6.11. The van der Waals surface area contributed by atoms with Crippen LogP contribution in [-0.2, 0) is 0 Å². The Kier molecular flexibility index (Phi) is 10.3. The summed E-state index contributed by atoms with van der Waals surface area (Å²) >= 11 is 0. The Bertz CT molecular complexity index is 48.8. The topological polar surface area (TPSA) is 32.6 Å². The van der Waals surface area contributed by atoms with E-state index in [0.717, 1.165) is 0 Å². The Balaban J connectivity index is 0. The Morgan fingerprint density at radius 2 is 1.67 bits per heavy atom. The maximum absolute atomic E-state index is 7.73. The zero-order valence-corrected chi connectivity index (χ0v) is 7.52. The van der Waals surface area contributed by atoms with Crippen molar-refractivity contribution in [2.24, 2.45) is 5.16 Å². The third-order valence-corrected chi connectivity index (χ3v) is 0.200. The van der Waals surface area contributed by atoms with Crippen molar-refractivity contribution in [3.63, 3.8) is 0 Å². The molecule has 0 rings (SSSR count). The van der Waals surface area contributed by atoms with E-state index in [1.807, 2.05) is 0 Å². The predicted molar refractivity (Wildman–Crippen MR) is 26.3 cm³/mol. The van der Waals surface area contributed by atoms with Crippen LogP contribution in [0.3, 0.4) is 0 Å². The van der Waals surface area contributed by atoms with Crippen LogP contribution in [-0.4, -0.2) is 62.3 Å². The van der Waals surface area contributed by atoms with E-state index < -0.39 is 0 Å². The van der Waals surface area contributed by atoms with Gasteiger partial charge in [-0.15, -0.1) is 0 Å². The van der Waals surface area contributed by atoms with Gasteiger partial charge in [0, 0.05) is 51.4 Å². The van der Waals surface area contributed by atoms with Gasteiger partial charge in [0.1, 0.15) is 0 Å². The molecule has 1 N–H and O–H groups in total. The van der Waals surface area contributed by atoms with Gasteiger partial charge in [-0.05, 0) is 13.8 Å². The minimum atomic E-state index is 0. The molecule has 0 unspecified atom stereocenters. The molecule has 0 heterocycles. The Hall–Kier alpha value is 1.11. The van der Waals surface area contributed by atoms with Crippen molar-refractivity contribution in [1.82, 2.24) is 0 Å². The summed E-state index contributed by atoms with van der Waals surface area (Å²) in [5.41, 5.74) is 0.685. The van der Waals surface area contributed by atoms with Crippen LogP contribution in [0, 0.1) is 0 Å². The molecule has 0 spiro atoms. The van der Waals surface area contributed by atoms with Gasteiger partial charge in [-0.25, -0.2) is 0 Å². The van der Waals surface area contributed by atoms with E-state index in [1.54, 1.807) is 13.8 Å². The Morgan fingerprint density at radius 1 is 1.50 bits per heavy atom. The monoisotopic (exact) mass is 112 g/mol. The fraction of sp³-hybridized carbons (Fsp3) is 0.667. The van der Waals surface area contributed by atoms with Crippen molar-refractivity contribution in [2.75, 3.05) is 0 Å². The molecule has 0 aromatic rings. The van der Waals surface area contributed by atoms with Gasteiger partial charge in [0.05, 0.1) is 5.71 Å². The third-order valence-electron chi connectivity index (χ3n) is 0.200. The van der Waals surface area contributed by atoms with Crippen LogP contribution in [0.15, 0.2) is 5.16 Å². The molecule has 31 valence electrons. The number of hydrogen-bond acceptors (Lipinski definition) is 2. The molecule has 0 bridgehead atoms. The SMILES string of the molecule is CC(C)=NO.[K]. The van der Waals surface area contributed by atoms with E-state index in [1.165, 1.54) is 0 Å². The molecular formula is C3H7KNO. The van der Waals surface area contributed by atoms with Crippen LogP contribution >= 0.6 is 0 Å². The van der Waals surface area contributed by atoms with Gasteiger partial charge in [-0.1, -0.05) is 5.16 Å². The fourth-order valence-electron chi connectivity index (χ4n) is 0. The van der Waals surface area contributed by atoms with Gasteiger partial charge < -0.3 is 5.21 Å². The normalized spacial score (nSPS) is 5.67. The van der Waals surface area contributed by atoms with E-state index in [0.29, 0.717) is 5.71 Å². The van der Waals surface area contributed by atoms with Crippen LogP contribution in [0.2, 0.25) is 0 Å². The minimum Gasteiger partial charge on any atom is -0.411 e. The molecule has 3 heteroatoms. The molecule has 0 saturated heterocycles. The molecule has 0 atom stereocenters. The van der Waals surface area contributed by atoms with Gasteiger partial charge in [-0.3, -0.25) is 0 Å². The Labute approximate surface area is 80.0 Å². The summed E-state index contributed by atoms with van der Waals surface area (Å²) in [6.07, 6.45) is 0. The number of oxime groups is 1. The number of nitrogens with zero attached hydrogens (tertiary/aromatic N) is 1. The number of hydrogen-bond donors (Lipinski definition) is 1. The van der Waals surface area contributed by atoms with Crippen LogP contribution in [0.1, 0.15) is 13.8 Å². The first kappa shape index (κ1) is 10.2. The van der Waals surface area contributed by atoms with Crippen LogP contribution in [0.25, 0.3) is 0 Å². The molecule has 0 aliphatic carbocycles. The molecule has 0 fully saturated rings. The van der Waals surface area contributed by atoms with E-state index in [-0.39, 0.29) is 51.4 Å². The summed E-state index contributed by atoms with van der Waals surface area (Å²) in [7, 11) is 0. The first-order chi connectivity index (χ1) is 2.27. The first-order valence-corrected chi connectivity index (χ1v) is 1.42. The van der Waals surface area contributed by atoms with E-state index in [4.69, 9.17) is 5.21 Å². The average Bonchev–Trinajstić information content (AvgIpc) is 1.38. The van der Waals surface area contributed by atoms with Crippen LogP contribution < -0.4 is 0 Å².